The van der Waals surface area contributed by atoms with Crippen LogP contribution in [0.15, 0.2) is 18.3 Å². The number of pyridine rings is 1. The molecule has 1 aromatic rings. The van der Waals surface area contributed by atoms with Crippen LogP contribution in [0.4, 0.5) is 11.5 Å². The molecule has 0 radical (unpaired) electrons. The second-order valence-electron chi connectivity index (χ2n) is 3.60. The van der Waals surface area contributed by atoms with Crippen LogP contribution in [0.3, 0.4) is 0 Å². The molecule has 0 spiro atoms. The lowest BCUT2D eigenvalue weighted by atomic mass is 10.2. The number of nitrogens with two attached hydrogens (primary N) is 1. The van der Waals surface area contributed by atoms with Gasteiger partial charge in [0.1, 0.15) is 5.82 Å². The van der Waals surface area contributed by atoms with Crippen LogP contribution in [0.2, 0.25) is 0 Å². The first-order valence-corrected chi connectivity index (χ1v) is 4.83. The van der Waals surface area contributed by atoms with Gasteiger partial charge in [0.25, 0.3) is 0 Å². The average molecular weight is 177 g/mol. The van der Waals surface area contributed by atoms with E-state index in [1.165, 1.54) is 25.7 Å². The smallest absolute Gasteiger partial charge is 0.123 e. The summed E-state index contributed by atoms with van der Waals surface area (Å²) < 4.78 is 0. The zero-order valence-corrected chi connectivity index (χ0v) is 7.66. The first-order valence-electron chi connectivity index (χ1n) is 4.83. The van der Waals surface area contributed by atoms with E-state index in [1.54, 1.807) is 6.20 Å². The Labute approximate surface area is 78.4 Å². The van der Waals surface area contributed by atoms with E-state index in [2.05, 4.69) is 10.3 Å². The fourth-order valence-corrected chi connectivity index (χ4v) is 1.80. The molecule has 1 aliphatic carbocycles. The normalized spacial score (nSPS) is 17.5. The number of aromatic nitrogens is 1. The van der Waals surface area contributed by atoms with Gasteiger partial charge in [0.15, 0.2) is 0 Å². The van der Waals surface area contributed by atoms with E-state index in [9.17, 15) is 0 Å². The summed E-state index contributed by atoms with van der Waals surface area (Å²) in [5.41, 5.74) is 6.58. The van der Waals surface area contributed by atoms with Crippen LogP contribution in [0.25, 0.3) is 0 Å². The summed E-state index contributed by atoms with van der Waals surface area (Å²) in [5.74, 6) is 0.581. The fourth-order valence-electron chi connectivity index (χ4n) is 1.80. The lowest BCUT2D eigenvalue weighted by Crippen LogP contribution is -2.14. The SMILES string of the molecule is Nc1ccc(NC2CCCC2)cn1. The molecule has 2 rings (SSSR count). The molecule has 0 aromatic carbocycles. The molecule has 1 saturated carbocycles. The van der Waals surface area contributed by atoms with Crippen molar-refractivity contribution in [2.24, 2.45) is 0 Å². The van der Waals surface area contributed by atoms with E-state index in [0.29, 0.717) is 11.9 Å². The minimum atomic E-state index is 0.581. The van der Waals surface area contributed by atoms with E-state index in [-0.39, 0.29) is 0 Å². The molecule has 70 valence electrons. The minimum absolute atomic E-state index is 0.581. The molecule has 1 aromatic heterocycles. The monoisotopic (exact) mass is 177 g/mol. The number of rotatable bonds is 2. The van der Waals surface area contributed by atoms with Crippen LogP contribution >= 0.6 is 0 Å². The Morgan fingerprint density at radius 3 is 2.69 bits per heavy atom. The number of nitrogens with one attached hydrogen (secondary N) is 1. The zero-order chi connectivity index (χ0) is 9.10. The first-order chi connectivity index (χ1) is 6.34. The van der Waals surface area contributed by atoms with Gasteiger partial charge < -0.3 is 11.1 Å². The predicted molar refractivity (Wildman–Crippen MR) is 54.5 cm³/mol. The van der Waals surface area contributed by atoms with Crippen molar-refractivity contribution in [2.45, 2.75) is 31.7 Å². The molecule has 0 bridgehead atoms. The van der Waals surface area contributed by atoms with Crippen molar-refractivity contribution in [2.75, 3.05) is 11.1 Å². The molecule has 1 aliphatic rings. The van der Waals surface area contributed by atoms with E-state index in [0.717, 1.165) is 5.69 Å². The van der Waals surface area contributed by atoms with Gasteiger partial charge in [-0.3, -0.25) is 0 Å². The molecule has 3 heteroatoms. The number of anilines is 2. The molecule has 0 amide bonds. The third kappa shape index (κ3) is 2.11. The average Bonchev–Trinajstić information content (AvgIpc) is 2.62. The molecule has 3 N–H and O–H groups in total. The van der Waals surface area contributed by atoms with Gasteiger partial charge in [-0.25, -0.2) is 4.98 Å². The van der Waals surface area contributed by atoms with Crippen LogP contribution in [0.1, 0.15) is 25.7 Å². The Bertz CT molecular complexity index is 262. The molecular weight excluding hydrogens is 162 g/mol. The van der Waals surface area contributed by atoms with E-state index >= 15 is 0 Å². The molecule has 0 unspecified atom stereocenters. The van der Waals surface area contributed by atoms with Gasteiger partial charge in [0.05, 0.1) is 11.9 Å². The Morgan fingerprint density at radius 1 is 1.31 bits per heavy atom. The lowest BCUT2D eigenvalue weighted by Gasteiger charge is -2.12. The summed E-state index contributed by atoms with van der Waals surface area (Å²) in [4.78, 5) is 4.04. The van der Waals surface area contributed by atoms with Gasteiger partial charge in [-0.05, 0) is 25.0 Å². The second kappa shape index (κ2) is 3.64. The van der Waals surface area contributed by atoms with E-state index in [4.69, 9.17) is 5.73 Å². The maximum atomic E-state index is 5.50. The fraction of sp³-hybridized carbons (Fsp3) is 0.500. The third-order valence-corrected chi connectivity index (χ3v) is 2.51. The van der Waals surface area contributed by atoms with Crippen molar-refractivity contribution >= 4 is 11.5 Å². The molecule has 0 aliphatic heterocycles. The summed E-state index contributed by atoms with van der Waals surface area (Å²) >= 11 is 0. The number of nitrogen functional groups attached to an aromatic ring is 1. The lowest BCUT2D eigenvalue weighted by molar-refractivity contribution is 0.755. The highest BCUT2D eigenvalue weighted by Gasteiger charge is 2.13. The van der Waals surface area contributed by atoms with Crippen molar-refractivity contribution < 1.29 is 0 Å². The zero-order valence-electron chi connectivity index (χ0n) is 7.66. The Kier molecular flexibility index (Phi) is 2.34. The van der Waals surface area contributed by atoms with Gasteiger partial charge in [-0.2, -0.15) is 0 Å². The Hall–Kier alpha value is -1.25. The maximum absolute atomic E-state index is 5.50. The summed E-state index contributed by atoms with van der Waals surface area (Å²) in [6, 6.07) is 4.46. The number of hydrogen-bond acceptors (Lipinski definition) is 3. The topological polar surface area (TPSA) is 50.9 Å². The summed E-state index contributed by atoms with van der Waals surface area (Å²) in [6.07, 6.45) is 7.06. The number of hydrogen-bond donors (Lipinski definition) is 2. The van der Waals surface area contributed by atoms with Crippen LogP contribution in [-0.4, -0.2) is 11.0 Å². The molecule has 1 fully saturated rings. The predicted octanol–water partition coefficient (Wildman–Crippen LogP) is 2.02. The first kappa shape index (κ1) is 8.35. The van der Waals surface area contributed by atoms with Crippen molar-refractivity contribution in [3.8, 4) is 0 Å². The third-order valence-electron chi connectivity index (χ3n) is 2.51. The van der Waals surface area contributed by atoms with Gasteiger partial charge in [0.2, 0.25) is 0 Å². The molecule has 1 heterocycles. The standard InChI is InChI=1S/C10H15N3/c11-10-6-5-9(7-12-10)13-8-3-1-2-4-8/h5-8,13H,1-4H2,(H2,11,12). The van der Waals surface area contributed by atoms with Crippen LogP contribution in [-0.2, 0) is 0 Å². The minimum Gasteiger partial charge on any atom is -0.384 e. The maximum Gasteiger partial charge on any atom is 0.123 e. The van der Waals surface area contributed by atoms with Gasteiger partial charge in [0, 0.05) is 6.04 Å². The van der Waals surface area contributed by atoms with Gasteiger partial charge in [-0.1, -0.05) is 12.8 Å². The second-order valence-corrected chi connectivity index (χ2v) is 3.60. The van der Waals surface area contributed by atoms with Crippen LogP contribution in [0, 0.1) is 0 Å². The highest BCUT2D eigenvalue weighted by atomic mass is 14.9. The van der Waals surface area contributed by atoms with Gasteiger partial charge in [-0.15, -0.1) is 0 Å². The summed E-state index contributed by atoms with van der Waals surface area (Å²) in [5, 5.41) is 3.45. The summed E-state index contributed by atoms with van der Waals surface area (Å²) in [7, 11) is 0. The molecular formula is C10H15N3. The van der Waals surface area contributed by atoms with Crippen molar-refractivity contribution in [3.05, 3.63) is 18.3 Å². The van der Waals surface area contributed by atoms with Crippen molar-refractivity contribution in [1.29, 1.82) is 0 Å². The van der Waals surface area contributed by atoms with Crippen LogP contribution < -0.4 is 11.1 Å². The Morgan fingerprint density at radius 2 is 2.08 bits per heavy atom. The Balaban J connectivity index is 1.97. The molecule has 0 atom stereocenters. The molecule has 3 nitrogen and oxygen atoms in total. The highest BCUT2D eigenvalue weighted by Crippen LogP contribution is 2.21. The van der Waals surface area contributed by atoms with Crippen molar-refractivity contribution in [3.63, 3.8) is 0 Å². The largest absolute Gasteiger partial charge is 0.384 e. The molecule has 0 saturated heterocycles. The van der Waals surface area contributed by atoms with Crippen LogP contribution in [0.5, 0.6) is 0 Å². The van der Waals surface area contributed by atoms with E-state index < -0.39 is 0 Å². The van der Waals surface area contributed by atoms with Gasteiger partial charge >= 0.3 is 0 Å². The molecule has 13 heavy (non-hydrogen) atoms. The quantitative estimate of drug-likeness (QED) is 0.726. The number of nitrogens with zero attached hydrogens (tertiary/aromatic N) is 1. The summed E-state index contributed by atoms with van der Waals surface area (Å²) in [6.45, 7) is 0. The highest BCUT2D eigenvalue weighted by molar-refractivity contribution is 5.46. The van der Waals surface area contributed by atoms with E-state index in [1.807, 2.05) is 12.1 Å². The van der Waals surface area contributed by atoms with Crippen molar-refractivity contribution in [1.82, 2.24) is 4.98 Å².